The van der Waals surface area contributed by atoms with Gasteiger partial charge in [-0.25, -0.2) is 0 Å². The third-order valence-corrected chi connectivity index (χ3v) is 3.55. The Hall–Kier alpha value is -0.0800. The number of hydrogen-bond donors (Lipinski definition) is 2. The lowest BCUT2D eigenvalue weighted by Crippen LogP contribution is -2.28. The summed E-state index contributed by atoms with van der Waals surface area (Å²) in [7, 11) is 0. The first-order chi connectivity index (χ1) is 5.37. The molecule has 1 aliphatic heterocycles. The normalized spacial score (nSPS) is 35.2. The van der Waals surface area contributed by atoms with Crippen LogP contribution in [0.5, 0.6) is 0 Å². The second-order valence-electron chi connectivity index (χ2n) is 4.08. The maximum atomic E-state index is 9.15. The molecular weight excluding hydrogens is 138 g/mol. The Morgan fingerprint density at radius 1 is 1.36 bits per heavy atom. The molecule has 0 unspecified atom stereocenters. The summed E-state index contributed by atoms with van der Waals surface area (Å²) in [4.78, 5) is 0. The third kappa shape index (κ3) is 1.09. The van der Waals surface area contributed by atoms with E-state index in [1.807, 2.05) is 0 Å². The molecule has 2 heteroatoms. The van der Waals surface area contributed by atoms with Crippen LogP contribution in [-0.2, 0) is 0 Å². The molecule has 0 aromatic rings. The molecule has 2 rings (SSSR count). The van der Waals surface area contributed by atoms with E-state index >= 15 is 0 Å². The monoisotopic (exact) mass is 155 g/mol. The Bertz CT molecular complexity index is 135. The molecule has 1 atom stereocenters. The van der Waals surface area contributed by atoms with Crippen molar-refractivity contribution in [2.45, 2.75) is 25.7 Å². The summed E-state index contributed by atoms with van der Waals surface area (Å²) in [5.74, 6) is 0.546. The van der Waals surface area contributed by atoms with Crippen molar-refractivity contribution < 1.29 is 5.11 Å². The van der Waals surface area contributed by atoms with Gasteiger partial charge in [0, 0.05) is 25.6 Å². The van der Waals surface area contributed by atoms with E-state index in [2.05, 4.69) is 5.32 Å². The number of rotatable bonds is 1. The van der Waals surface area contributed by atoms with Gasteiger partial charge in [-0.15, -0.1) is 0 Å². The van der Waals surface area contributed by atoms with Crippen LogP contribution in [-0.4, -0.2) is 24.8 Å². The first-order valence-electron chi connectivity index (χ1n) is 4.69. The Balaban J connectivity index is 2.09. The molecule has 2 aliphatic rings. The van der Waals surface area contributed by atoms with Gasteiger partial charge in [-0.1, -0.05) is 12.8 Å². The molecule has 1 spiro atoms. The molecule has 1 saturated carbocycles. The van der Waals surface area contributed by atoms with Crippen molar-refractivity contribution in [1.29, 1.82) is 0 Å². The van der Waals surface area contributed by atoms with Gasteiger partial charge in [-0.05, 0) is 18.3 Å². The molecule has 11 heavy (non-hydrogen) atoms. The Kier molecular flexibility index (Phi) is 1.90. The molecule has 0 radical (unpaired) electrons. The van der Waals surface area contributed by atoms with Crippen LogP contribution in [0.15, 0.2) is 0 Å². The fourth-order valence-electron chi connectivity index (χ4n) is 2.78. The fraction of sp³-hybridized carbons (Fsp3) is 1.00. The quantitative estimate of drug-likeness (QED) is 0.586. The predicted octanol–water partition coefficient (Wildman–Crippen LogP) is 0.758. The van der Waals surface area contributed by atoms with Crippen LogP contribution in [0.25, 0.3) is 0 Å². The molecule has 2 nitrogen and oxygen atoms in total. The summed E-state index contributed by atoms with van der Waals surface area (Å²) in [6, 6.07) is 0. The highest BCUT2D eigenvalue weighted by Crippen LogP contribution is 2.45. The summed E-state index contributed by atoms with van der Waals surface area (Å²) < 4.78 is 0. The van der Waals surface area contributed by atoms with E-state index in [4.69, 9.17) is 5.11 Å². The number of nitrogens with one attached hydrogen (secondary N) is 1. The number of aliphatic hydroxyl groups is 1. The lowest BCUT2D eigenvalue weighted by atomic mass is 9.77. The van der Waals surface area contributed by atoms with Crippen molar-refractivity contribution in [1.82, 2.24) is 5.32 Å². The maximum absolute atomic E-state index is 9.15. The molecule has 2 N–H and O–H groups in total. The SMILES string of the molecule is OC[C@@H]1CNCC12CCCC2. The molecule has 0 amide bonds. The Labute approximate surface area is 68.0 Å². The van der Waals surface area contributed by atoms with Gasteiger partial charge in [0.2, 0.25) is 0 Å². The first-order valence-corrected chi connectivity index (χ1v) is 4.69. The Morgan fingerprint density at radius 3 is 2.73 bits per heavy atom. The van der Waals surface area contributed by atoms with Crippen LogP contribution in [0.2, 0.25) is 0 Å². The maximum Gasteiger partial charge on any atom is 0.0477 e. The highest BCUT2D eigenvalue weighted by atomic mass is 16.3. The molecule has 1 saturated heterocycles. The smallest absolute Gasteiger partial charge is 0.0477 e. The van der Waals surface area contributed by atoms with Crippen LogP contribution in [0.3, 0.4) is 0 Å². The predicted molar refractivity (Wildman–Crippen MR) is 44.3 cm³/mol. The van der Waals surface area contributed by atoms with Crippen LogP contribution in [0.1, 0.15) is 25.7 Å². The van der Waals surface area contributed by atoms with E-state index < -0.39 is 0 Å². The molecule has 1 aliphatic carbocycles. The zero-order chi connectivity index (χ0) is 7.73. The fourth-order valence-corrected chi connectivity index (χ4v) is 2.78. The van der Waals surface area contributed by atoms with Crippen LogP contribution < -0.4 is 5.32 Å². The van der Waals surface area contributed by atoms with Crippen molar-refractivity contribution in [2.24, 2.45) is 11.3 Å². The van der Waals surface area contributed by atoms with Crippen LogP contribution in [0, 0.1) is 11.3 Å². The highest BCUT2D eigenvalue weighted by molar-refractivity contribution is 4.97. The van der Waals surface area contributed by atoms with Gasteiger partial charge in [-0.3, -0.25) is 0 Å². The average Bonchev–Trinajstić information content (AvgIpc) is 2.62. The average molecular weight is 155 g/mol. The summed E-state index contributed by atoms with van der Waals surface area (Å²) in [6.45, 7) is 2.57. The first kappa shape index (κ1) is 7.56. The molecule has 0 bridgehead atoms. The van der Waals surface area contributed by atoms with Crippen molar-refractivity contribution in [2.75, 3.05) is 19.7 Å². The second kappa shape index (κ2) is 2.76. The minimum atomic E-state index is 0.382. The van der Waals surface area contributed by atoms with E-state index in [0.29, 0.717) is 17.9 Å². The number of hydrogen-bond acceptors (Lipinski definition) is 2. The lowest BCUT2D eigenvalue weighted by Gasteiger charge is -2.28. The molecule has 1 heterocycles. The van der Waals surface area contributed by atoms with E-state index in [-0.39, 0.29) is 0 Å². The highest BCUT2D eigenvalue weighted by Gasteiger charge is 2.43. The van der Waals surface area contributed by atoms with Gasteiger partial charge >= 0.3 is 0 Å². The lowest BCUT2D eigenvalue weighted by molar-refractivity contribution is 0.137. The standard InChI is InChI=1S/C9H17NO/c11-6-8-5-10-7-9(8)3-1-2-4-9/h8,10-11H,1-7H2/t8-/m0/s1. The Morgan fingerprint density at radius 2 is 2.09 bits per heavy atom. The van der Waals surface area contributed by atoms with E-state index in [1.54, 1.807) is 0 Å². The van der Waals surface area contributed by atoms with E-state index in [9.17, 15) is 0 Å². The summed E-state index contributed by atoms with van der Waals surface area (Å²) >= 11 is 0. The van der Waals surface area contributed by atoms with Crippen molar-refractivity contribution in [3.05, 3.63) is 0 Å². The summed E-state index contributed by atoms with van der Waals surface area (Å²) in [5, 5.41) is 12.5. The van der Waals surface area contributed by atoms with Gasteiger partial charge in [0.25, 0.3) is 0 Å². The number of aliphatic hydroxyl groups excluding tert-OH is 1. The van der Waals surface area contributed by atoms with Gasteiger partial charge in [0.15, 0.2) is 0 Å². The van der Waals surface area contributed by atoms with Gasteiger partial charge in [0.1, 0.15) is 0 Å². The summed E-state index contributed by atoms with van der Waals surface area (Å²) in [6.07, 6.45) is 5.42. The van der Waals surface area contributed by atoms with Crippen molar-refractivity contribution >= 4 is 0 Å². The zero-order valence-corrected chi connectivity index (χ0v) is 6.97. The van der Waals surface area contributed by atoms with E-state index in [1.165, 1.54) is 25.7 Å². The summed E-state index contributed by atoms with van der Waals surface area (Å²) in [5.41, 5.74) is 0.495. The molecule has 0 aromatic heterocycles. The zero-order valence-electron chi connectivity index (χ0n) is 6.97. The van der Waals surface area contributed by atoms with Crippen LogP contribution >= 0.6 is 0 Å². The van der Waals surface area contributed by atoms with Crippen molar-refractivity contribution in [3.8, 4) is 0 Å². The van der Waals surface area contributed by atoms with Gasteiger partial charge in [-0.2, -0.15) is 0 Å². The van der Waals surface area contributed by atoms with Gasteiger partial charge < -0.3 is 10.4 Å². The van der Waals surface area contributed by atoms with Gasteiger partial charge in [0.05, 0.1) is 0 Å². The van der Waals surface area contributed by atoms with Crippen LogP contribution in [0.4, 0.5) is 0 Å². The third-order valence-electron chi connectivity index (χ3n) is 3.55. The topological polar surface area (TPSA) is 32.3 Å². The molecular formula is C9H17NO. The molecule has 2 fully saturated rings. The molecule has 0 aromatic carbocycles. The van der Waals surface area contributed by atoms with E-state index in [0.717, 1.165) is 13.1 Å². The van der Waals surface area contributed by atoms with Crippen molar-refractivity contribution in [3.63, 3.8) is 0 Å². The largest absolute Gasteiger partial charge is 0.396 e. The molecule has 64 valence electrons. The second-order valence-corrected chi connectivity index (χ2v) is 4.08. The minimum Gasteiger partial charge on any atom is -0.396 e. The minimum absolute atomic E-state index is 0.382.